The van der Waals surface area contributed by atoms with Gasteiger partial charge in [0.2, 0.25) is 0 Å². The summed E-state index contributed by atoms with van der Waals surface area (Å²) in [5.41, 5.74) is 3.97. The van der Waals surface area contributed by atoms with Crippen molar-refractivity contribution in [1.82, 2.24) is 4.98 Å². The molecule has 2 aromatic carbocycles. The van der Waals surface area contributed by atoms with E-state index in [1.165, 1.54) is 28.6 Å². The number of aliphatic imine (C=N–C) groups is 1. The molecule has 0 bridgehead atoms. The summed E-state index contributed by atoms with van der Waals surface area (Å²) < 4.78 is 6.21. The molecular formula is C19H13N3O3S. The summed E-state index contributed by atoms with van der Waals surface area (Å²) in [4.78, 5) is 19.0. The van der Waals surface area contributed by atoms with Gasteiger partial charge in [-0.05, 0) is 55.0 Å². The molecule has 128 valence electrons. The van der Waals surface area contributed by atoms with Gasteiger partial charge in [-0.15, -0.1) is 11.3 Å². The zero-order chi connectivity index (χ0) is 18.1. The second-order valence-corrected chi connectivity index (χ2v) is 6.76. The number of nitrogens with zero attached hydrogens (tertiary/aromatic N) is 3. The van der Waals surface area contributed by atoms with Crippen LogP contribution in [-0.2, 0) is 0 Å². The fourth-order valence-corrected chi connectivity index (χ4v) is 3.56. The molecule has 0 aliphatic heterocycles. The molecule has 0 atom stereocenters. The van der Waals surface area contributed by atoms with E-state index in [1.807, 2.05) is 30.3 Å². The molecule has 0 unspecified atom stereocenters. The molecule has 6 nitrogen and oxygen atoms in total. The standard InChI is InChI=1S/C19H13N3O3S/c1-12-2-8-16-17(10-12)26-19(21-16)13-3-5-14(6-4-13)20-11-15-7-9-18(25-15)22(23)24/h2-11H,1H3. The number of nitro groups is 1. The van der Waals surface area contributed by atoms with E-state index < -0.39 is 4.92 Å². The Balaban J connectivity index is 1.55. The van der Waals surface area contributed by atoms with Crippen molar-refractivity contribution in [3.63, 3.8) is 0 Å². The van der Waals surface area contributed by atoms with E-state index in [0.717, 1.165) is 21.8 Å². The molecule has 0 fully saturated rings. The van der Waals surface area contributed by atoms with Crippen LogP contribution in [0.1, 0.15) is 11.3 Å². The van der Waals surface area contributed by atoms with E-state index in [9.17, 15) is 10.1 Å². The van der Waals surface area contributed by atoms with Crippen LogP contribution < -0.4 is 0 Å². The molecule has 26 heavy (non-hydrogen) atoms. The van der Waals surface area contributed by atoms with E-state index in [4.69, 9.17) is 4.42 Å². The Kier molecular flexibility index (Phi) is 4.06. The van der Waals surface area contributed by atoms with Gasteiger partial charge in [0, 0.05) is 5.56 Å². The minimum absolute atomic E-state index is 0.298. The van der Waals surface area contributed by atoms with Gasteiger partial charge < -0.3 is 4.42 Å². The number of aromatic nitrogens is 1. The van der Waals surface area contributed by atoms with Gasteiger partial charge in [0.05, 0.1) is 28.2 Å². The summed E-state index contributed by atoms with van der Waals surface area (Å²) in [6.07, 6.45) is 1.46. The molecule has 4 aromatic rings. The maximum atomic E-state index is 10.6. The Hall–Kier alpha value is -3.32. The first-order chi connectivity index (χ1) is 12.6. The normalized spacial score (nSPS) is 11.4. The van der Waals surface area contributed by atoms with Crippen LogP contribution in [0.2, 0.25) is 0 Å². The molecule has 4 rings (SSSR count). The lowest BCUT2D eigenvalue weighted by Crippen LogP contribution is -1.83. The van der Waals surface area contributed by atoms with Crippen molar-refractivity contribution >= 4 is 39.3 Å². The lowest BCUT2D eigenvalue weighted by Gasteiger charge is -1.97. The van der Waals surface area contributed by atoms with E-state index in [0.29, 0.717) is 5.76 Å². The number of thiazole rings is 1. The molecule has 0 aliphatic carbocycles. The molecule has 2 heterocycles. The predicted octanol–water partition coefficient (Wildman–Crippen LogP) is 5.52. The first-order valence-electron chi connectivity index (χ1n) is 7.84. The van der Waals surface area contributed by atoms with Gasteiger partial charge in [-0.25, -0.2) is 4.98 Å². The van der Waals surface area contributed by atoms with Crippen LogP contribution in [0, 0.1) is 17.0 Å². The Labute approximate surface area is 152 Å². The predicted molar refractivity (Wildman–Crippen MR) is 102 cm³/mol. The summed E-state index contributed by atoms with van der Waals surface area (Å²) in [6.45, 7) is 2.07. The van der Waals surface area contributed by atoms with Gasteiger partial charge in [0.15, 0.2) is 5.76 Å². The Morgan fingerprint density at radius 2 is 1.96 bits per heavy atom. The third-order valence-electron chi connectivity index (χ3n) is 3.79. The number of rotatable bonds is 4. The van der Waals surface area contributed by atoms with Gasteiger partial charge in [-0.3, -0.25) is 15.1 Å². The largest absolute Gasteiger partial charge is 0.433 e. The molecule has 2 aromatic heterocycles. The summed E-state index contributed by atoms with van der Waals surface area (Å²) in [5.74, 6) is 0.0372. The highest BCUT2D eigenvalue weighted by Gasteiger charge is 2.10. The fraction of sp³-hybridized carbons (Fsp3) is 0.0526. The van der Waals surface area contributed by atoms with E-state index >= 15 is 0 Å². The van der Waals surface area contributed by atoms with Crippen LogP contribution >= 0.6 is 11.3 Å². The molecular weight excluding hydrogens is 350 g/mol. The average molecular weight is 363 g/mol. The van der Waals surface area contributed by atoms with Crippen molar-refractivity contribution in [3.8, 4) is 10.6 Å². The van der Waals surface area contributed by atoms with Crippen molar-refractivity contribution in [1.29, 1.82) is 0 Å². The van der Waals surface area contributed by atoms with Crippen LogP contribution in [0.15, 0.2) is 64.0 Å². The molecule has 0 saturated heterocycles. The topological polar surface area (TPSA) is 81.5 Å². The van der Waals surface area contributed by atoms with Gasteiger partial charge in [0.25, 0.3) is 0 Å². The van der Waals surface area contributed by atoms with Crippen molar-refractivity contribution in [2.24, 2.45) is 4.99 Å². The quantitative estimate of drug-likeness (QED) is 0.271. The van der Waals surface area contributed by atoms with Crippen LogP contribution in [0.4, 0.5) is 11.6 Å². The third-order valence-corrected chi connectivity index (χ3v) is 4.86. The van der Waals surface area contributed by atoms with Crippen molar-refractivity contribution in [2.75, 3.05) is 0 Å². The first kappa shape index (κ1) is 16.2. The van der Waals surface area contributed by atoms with Crippen LogP contribution in [0.5, 0.6) is 0 Å². The highest BCUT2D eigenvalue weighted by molar-refractivity contribution is 7.21. The number of hydrogen-bond acceptors (Lipinski definition) is 6. The van der Waals surface area contributed by atoms with Gasteiger partial charge in [0.1, 0.15) is 9.93 Å². The zero-order valence-electron chi connectivity index (χ0n) is 13.7. The minimum atomic E-state index is -0.578. The molecule has 0 N–H and O–H groups in total. The van der Waals surface area contributed by atoms with E-state index in [-0.39, 0.29) is 5.88 Å². The van der Waals surface area contributed by atoms with Crippen LogP contribution in [-0.4, -0.2) is 16.1 Å². The van der Waals surface area contributed by atoms with Gasteiger partial charge in [-0.1, -0.05) is 6.07 Å². The third kappa shape index (κ3) is 3.25. The van der Waals surface area contributed by atoms with Crippen molar-refractivity contribution in [2.45, 2.75) is 6.92 Å². The SMILES string of the molecule is Cc1ccc2nc(-c3ccc(N=Cc4ccc([N+](=O)[O-])o4)cc3)sc2c1. The van der Waals surface area contributed by atoms with Crippen molar-refractivity contribution in [3.05, 3.63) is 76.0 Å². The number of furan rings is 1. The monoisotopic (exact) mass is 363 g/mol. The molecule has 0 aliphatic rings. The highest BCUT2D eigenvalue weighted by atomic mass is 32.1. The number of aryl methyl sites for hydroxylation is 1. The first-order valence-corrected chi connectivity index (χ1v) is 8.66. The zero-order valence-corrected chi connectivity index (χ0v) is 14.6. The number of benzene rings is 2. The van der Waals surface area contributed by atoms with E-state index in [1.54, 1.807) is 11.3 Å². The summed E-state index contributed by atoms with van der Waals surface area (Å²) in [6, 6.07) is 16.7. The number of fused-ring (bicyclic) bond motifs is 1. The summed E-state index contributed by atoms with van der Waals surface area (Å²) in [5, 5.41) is 11.6. The average Bonchev–Trinajstić information content (AvgIpc) is 3.27. The Bertz CT molecular complexity index is 1130. The number of hydrogen-bond donors (Lipinski definition) is 0. The van der Waals surface area contributed by atoms with Crippen LogP contribution in [0.25, 0.3) is 20.8 Å². The maximum absolute atomic E-state index is 10.6. The van der Waals surface area contributed by atoms with Gasteiger partial charge in [-0.2, -0.15) is 0 Å². The molecule has 0 spiro atoms. The van der Waals surface area contributed by atoms with E-state index in [2.05, 4.69) is 29.0 Å². The fourth-order valence-electron chi connectivity index (χ4n) is 2.49. The summed E-state index contributed by atoms with van der Waals surface area (Å²) in [7, 11) is 0. The minimum Gasteiger partial charge on any atom is -0.400 e. The lowest BCUT2D eigenvalue weighted by atomic mass is 10.2. The Morgan fingerprint density at radius 3 is 2.69 bits per heavy atom. The second kappa shape index (κ2) is 6.53. The van der Waals surface area contributed by atoms with Crippen molar-refractivity contribution < 1.29 is 9.34 Å². The maximum Gasteiger partial charge on any atom is 0.433 e. The van der Waals surface area contributed by atoms with Crippen LogP contribution in [0.3, 0.4) is 0 Å². The molecule has 7 heteroatoms. The Morgan fingerprint density at radius 1 is 1.15 bits per heavy atom. The second-order valence-electron chi connectivity index (χ2n) is 5.73. The lowest BCUT2D eigenvalue weighted by molar-refractivity contribution is -0.402. The molecule has 0 radical (unpaired) electrons. The highest BCUT2D eigenvalue weighted by Crippen LogP contribution is 2.31. The molecule has 0 saturated carbocycles. The molecule has 0 amide bonds. The summed E-state index contributed by atoms with van der Waals surface area (Å²) >= 11 is 1.66. The van der Waals surface area contributed by atoms with Gasteiger partial charge >= 0.3 is 5.88 Å². The smallest absolute Gasteiger partial charge is 0.400 e.